The Bertz CT molecular complexity index is 2810. The molecule has 0 spiro atoms. The van der Waals surface area contributed by atoms with Crippen molar-refractivity contribution in [1.82, 2.24) is 15.0 Å². The van der Waals surface area contributed by atoms with Crippen LogP contribution in [0.25, 0.3) is 76.7 Å². The fourth-order valence-corrected chi connectivity index (χ4v) is 9.16. The van der Waals surface area contributed by atoms with Gasteiger partial charge in [-0.2, -0.15) is 0 Å². The van der Waals surface area contributed by atoms with Crippen molar-refractivity contribution in [2.24, 2.45) is 0 Å². The van der Waals surface area contributed by atoms with Crippen LogP contribution in [0.5, 0.6) is 5.75 Å². The molecule has 8 aromatic rings. The first kappa shape index (κ1) is 28.7. The molecule has 2 aliphatic carbocycles. The highest BCUT2D eigenvalue weighted by Gasteiger charge is 2.39. The summed E-state index contributed by atoms with van der Waals surface area (Å²) in [5, 5.41) is 3.63. The van der Waals surface area contributed by atoms with Crippen molar-refractivity contribution in [2.75, 3.05) is 0 Å². The second-order valence-electron chi connectivity index (χ2n) is 13.4. The van der Waals surface area contributed by atoms with Crippen molar-refractivity contribution in [3.63, 3.8) is 0 Å². The lowest BCUT2D eigenvalue weighted by Crippen LogP contribution is -2.20. The molecular formula is C45H29N3O2S. The minimum atomic E-state index is -0.160. The number of aromatic nitrogens is 3. The molecule has 1 aliphatic heterocycles. The molecule has 0 fully saturated rings. The monoisotopic (exact) mass is 675 g/mol. The van der Waals surface area contributed by atoms with Gasteiger partial charge in [0.1, 0.15) is 23.2 Å². The van der Waals surface area contributed by atoms with E-state index in [0.717, 1.165) is 63.3 Å². The molecule has 2 atom stereocenters. The largest absolute Gasteiger partial charge is 0.485 e. The highest BCUT2D eigenvalue weighted by Crippen LogP contribution is 2.49. The fraction of sp³-hybridized carbons (Fsp3) is 0.0889. The Morgan fingerprint density at radius 1 is 0.686 bits per heavy atom. The number of aryl methyl sites for hydroxylation is 1. The highest BCUT2D eigenvalue weighted by molar-refractivity contribution is 7.26. The van der Waals surface area contributed by atoms with E-state index in [1.54, 1.807) is 11.3 Å². The second kappa shape index (κ2) is 11.2. The number of hydrogen-bond acceptors (Lipinski definition) is 6. The van der Waals surface area contributed by atoms with E-state index in [1.165, 1.54) is 31.1 Å². The molecule has 0 N–H and O–H groups in total. The molecule has 0 bridgehead atoms. The second-order valence-corrected chi connectivity index (χ2v) is 14.4. The zero-order valence-corrected chi connectivity index (χ0v) is 28.2. The van der Waals surface area contributed by atoms with Crippen molar-refractivity contribution < 1.29 is 9.15 Å². The van der Waals surface area contributed by atoms with Gasteiger partial charge < -0.3 is 9.15 Å². The van der Waals surface area contributed by atoms with Crippen LogP contribution in [-0.2, 0) is 6.42 Å². The molecule has 4 heterocycles. The molecule has 5 nitrogen and oxygen atoms in total. The van der Waals surface area contributed by atoms with Gasteiger partial charge in [0.15, 0.2) is 17.5 Å². The molecule has 3 aromatic heterocycles. The number of thiophene rings is 1. The average molecular weight is 676 g/mol. The minimum absolute atomic E-state index is 0.0752. The predicted molar refractivity (Wildman–Crippen MR) is 207 cm³/mol. The zero-order chi connectivity index (χ0) is 33.5. The maximum Gasteiger partial charge on any atom is 0.165 e. The lowest BCUT2D eigenvalue weighted by Gasteiger charge is -2.22. The summed E-state index contributed by atoms with van der Waals surface area (Å²) in [6.45, 7) is 0. The van der Waals surface area contributed by atoms with Crippen molar-refractivity contribution in [3.8, 4) is 39.7 Å². The van der Waals surface area contributed by atoms with Crippen molar-refractivity contribution in [3.05, 3.63) is 156 Å². The van der Waals surface area contributed by atoms with Gasteiger partial charge in [0.2, 0.25) is 0 Å². The van der Waals surface area contributed by atoms with Crippen LogP contribution < -0.4 is 4.74 Å². The fourth-order valence-electron chi connectivity index (χ4n) is 7.95. The molecule has 3 aliphatic rings. The number of allylic oxidation sites excluding steroid dienone is 3. The molecule has 51 heavy (non-hydrogen) atoms. The summed E-state index contributed by atoms with van der Waals surface area (Å²) in [5.74, 6) is 3.87. The molecular weight excluding hydrogens is 647 g/mol. The van der Waals surface area contributed by atoms with E-state index < -0.39 is 0 Å². The van der Waals surface area contributed by atoms with Crippen LogP contribution in [0.4, 0.5) is 0 Å². The lowest BCUT2D eigenvalue weighted by molar-refractivity contribution is 0.271. The van der Waals surface area contributed by atoms with Crippen LogP contribution in [0.1, 0.15) is 35.1 Å². The van der Waals surface area contributed by atoms with Crippen molar-refractivity contribution in [2.45, 2.75) is 24.9 Å². The molecule has 5 aromatic carbocycles. The van der Waals surface area contributed by atoms with Crippen LogP contribution in [0.2, 0.25) is 0 Å². The van der Waals surface area contributed by atoms with E-state index >= 15 is 0 Å². The lowest BCUT2D eigenvalue weighted by atomic mass is 9.83. The van der Waals surface area contributed by atoms with Gasteiger partial charge in [0.25, 0.3) is 0 Å². The van der Waals surface area contributed by atoms with Crippen LogP contribution >= 0.6 is 11.3 Å². The Morgan fingerprint density at radius 3 is 2.47 bits per heavy atom. The summed E-state index contributed by atoms with van der Waals surface area (Å²) in [7, 11) is 0. The van der Waals surface area contributed by atoms with Gasteiger partial charge in [-0.1, -0.05) is 97.1 Å². The molecule has 0 amide bonds. The number of fused-ring (bicyclic) bond motifs is 9. The van der Waals surface area contributed by atoms with E-state index in [0.29, 0.717) is 17.5 Å². The first-order chi connectivity index (χ1) is 25.2. The smallest absolute Gasteiger partial charge is 0.165 e. The molecule has 0 saturated heterocycles. The Balaban J connectivity index is 1.05. The normalized spacial score (nSPS) is 17.4. The van der Waals surface area contributed by atoms with E-state index in [4.69, 9.17) is 24.1 Å². The van der Waals surface area contributed by atoms with Gasteiger partial charge in [0.05, 0.1) is 5.92 Å². The minimum Gasteiger partial charge on any atom is -0.485 e. The topological polar surface area (TPSA) is 61.0 Å². The molecule has 6 heteroatoms. The van der Waals surface area contributed by atoms with E-state index in [9.17, 15) is 0 Å². The third-order valence-electron chi connectivity index (χ3n) is 10.4. The SMILES string of the molecule is C1=CC2Oc3ccc(-c4ccc5c6c(oc5c4)CCC=C6)cc3C2C(c2nc(-c3ccccc3)nc(-c3cccc4c3sc3ccccc34)n2)=C1. The van der Waals surface area contributed by atoms with Crippen LogP contribution in [0, 0.1) is 0 Å². The average Bonchev–Trinajstić information content (AvgIpc) is 3.88. The highest BCUT2D eigenvalue weighted by atomic mass is 32.1. The summed E-state index contributed by atoms with van der Waals surface area (Å²) in [6.07, 6.45) is 12.6. The van der Waals surface area contributed by atoms with Gasteiger partial charge in [-0.05, 0) is 60.0 Å². The van der Waals surface area contributed by atoms with Crippen LogP contribution in [0.15, 0.2) is 138 Å². The molecule has 0 saturated carbocycles. The van der Waals surface area contributed by atoms with E-state index in [-0.39, 0.29) is 12.0 Å². The number of ether oxygens (including phenoxy) is 1. The third kappa shape index (κ3) is 4.56. The number of furan rings is 1. The van der Waals surface area contributed by atoms with Crippen molar-refractivity contribution >= 4 is 54.1 Å². The zero-order valence-electron chi connectivity index (χ0n) is 27.4. The van der Waals surface area contributed by atoms with Crippen molar-refractivity contribution in [1.29, 1.82) is 0 Å². The Labute approximate surface area is 297 Å². The summed E-state index contributed by atoms with van der Waals surface area (Å²) in [5.41, 5.74) is 8.49. The number of nitrogens with zero attached hydrogens (tertiary/aromatic N) is 3. The molecule has 2 unspecified atom stereocenters. The van der Waals surface area contributed by atoms with E-state index in [1.807, 2.05) is 18.2 Å². The van der Waals surface area contributed by atoms with Gasteiger partial charge in [-0.3, -0.25) is 0 Å². The standard InChI is InChI=1S/C45H29N3O2S/c1-2-10-26(11-3-1)43-46-44(48-45(47-43)34-16-8-14-32-31-13-5-7-19-40(31)51-42(32)34)33-15-9-18-38-41(33)35-24-27(21-23-37(35)49-38)28-20-22-30-29-12-4-6-17-36(29)50-39(30)25-28/h1-5,7-16,18-25,38,41H,6,17H2. The summed E-state index contributed by atoms with van der Waals surface area (Å²) in [4.78, 5) is 15.5. The molecule has 11 rings (SSSR count). The van der Waals surface area contributed by atoms with Gasteiger partial charge in [-0.15, -0.1) is 11.3 Å². The number of hydrogen-bond donors (Lipinski definition) is 0. The summed E-state index contributed by atoms with van der Waals surface area (Å²) in [6, 6.07) is 38.3. The van der Waals surface area contributed by atoms with Crippen LogP contribution in [0.3, 0.4) is 0 Å². The maximum absolute atomic E-state index is 6.58. The third-order valence-corrected chi connectivity index (χ3v) is 11.6. The first-order valence-electron chi connectivity index (χ1n) is 17.4. The van der Waals surface area contributed by atoms with Gasteiger partial charge >= 0.3 is 0 Å². The van der Waals surface area contributed by atoms with Gasteiger partial charge in [0, 0.05) is 59.8 Å². The van der Waals surface area contributed by atoms with Gasteiger partial charge in [-0.25, -0.2) is 15.0 Å². The summed E-state index contributed by atoms with van der Waals surface area (Å²) >= 11 is 1.78. The molecule has 242 valence electrons. The molecule has 0 radical (unpaired) electrons. The quantitative estimate of drug-likeness (QED) is 0.186. The maximum atomic E-state index is 6.58. The predicted octanol–water partition coefficient (Wildman–Crippen LogP) is 11.4. The first-order valence-corrected chi connectivity index (χ1v) is 18.2. The Kier molecular flexibility index (Phi) is 6.31. The van der Waals surface area contributed by atoms with E-state index in [2.05, 4.69) is 121 Å². The Hall–Kier alpha value is -6.11. The summed E-state index contributed by atoms with van der Waals surface area (Å²) < 4.78 is 15.3. The number of rotatable bonds is 4. The Morgan fingerprint density at radius 2 is 1.51 bits per heavy atom. The van der Waals surface area contributed by atoms with Crippen LogP contribution in [-0.4, -0.2) is 21.1 Å². The number of benzene rings is 5.